The number of methoxy groups -OCH3 is 1. The average Bonchev–Trinajstić information content (AvgIpc) is 2.99. The maximum absolute atomic E-state index is 12.4. The Balaban J connectivity index is 1.59. The molecule has 2 aliphatic rings. The van der Waals surface area contributed by atoms with E-state index in [4.69, 9.17) is 9.47 Å². The van der Waals surface area contributed by atoms with Crippen molar-refractivity contribution in [1.82, 2.24) is 4.98 Å². The second-order valence-corrected chi connectivity index (χ2v) is 8.95. The van der Waals surface area contributed by atoms with Crippen LogP contribution in [0.4, 0.5) is 0 Å². The van der Waals surface area contributed by atoms with Crippen LogP contribution in [0.2, 0.25) is 0 Å². The van der Waals surface area contributed by atoms with Gasteiger partial charge < -0.3 is 14.6 Å². The maximum Gasteiger partial charge on any atom is 0.338 e. The van der Waals surface area contributed by atoms with E-state index in [1.54, 1.807) is 7.11 Å². The van der Waals surface area contributed by atoms with Crippen molar-refractivity contribution in [3.05, 3.63) is 54.4 Å². The Morgan fingerprint density at radius 3 is 2.74 bits per heavy atom. The summed E-state index contributed by atoms with van der Waals surface area (Å²) in [6.45, 7) is 6.20. The lowest BCUT2D eigenvalue weighted by atomic mass is 9.59. The highest BCUT2D eigenvalue weighted by Gasteiger charge is 2.62. The average molecular weight is 422 g/mol. The van der Waals surface area contributed by atoms with Gasteiger partial charge in [0, 0.05) is 17.7 Å². The summed E-state index contributed by atoms with van der Waals surface area (Å²) in [4.78, 5) is 17.0. The summed E-state index contributed by atoms with van der Waals surface area (Å²) in [7, 11) is 1.66. The molecule has 1 aromatic heterocycles. The van der Waals surface area contributed by atoms with Crippen LogP contribution in [0.1, 0.15) is 39.3 Å². The molecule has 31 heavy (non-hydrogen) atoms. The van der Waals surface area contributed by atoms with Crippen LogP contribution < -0.4 is 4.74 Å². The number of cyclic esters (lactones) is 1. The number of esters is 1. The third-order valence-electron chi connectivity index (χ3n) is 7.13. The molecule has 1 aliphatic heterocycles. The van der Waals surface area contributed by atoms with Crippen LogP contribution >= 0.6 is 0 Å². The lowest BCUT2D eigenvalue weighted by molar-refractivity contribution is -0.160. The highest BCUT2D eigenvalue weighted by molar-refractivity contribution is 5.82. The summed E-state index contributed by atoms with van der Waals surface area (Å²) in [6, 6.07) is 11.9. The number of benzene rings is 1. The number of fused-ring (bicyclic) bond motifs is 1. The monoisotopic (exact) mass is 421 g/mol. The van der Waals surface area contributed by atoms with Gasteiger partial charge in [0.15, 0.2) is 5.60 Å². The molecule has 1 N–H and O–H groups in total. The predicted molar refractivity (Wildman–Crippen MR) is 120 cm³/mol. The minimum Gasteiger partial charge on any atom is -0.497 e. The summed E-state index contributed by atoms with van der Waals surface area (Å²) in [6.07, 6.45) is 7.17. The van der Waals surface area contributed by atoms with Gasteiger partial charge in [0.1, 0.15) is 11.9 Å². The minimum atomic E-state index is -1.39. The standard InChI is InChI=1S/C26H31NO4/c1-5-22-16(2)14-26(29)24(17(3)31-25(26)28)23(22)12-11-20-10-9-19(15-27-20)18-7-6-8-21(13-18)30-4/h6-13,15-17,22-24,29H,5,14H2,1-4H3/b12-11+/t16-,17+,22+,23-,24-,26-/m0/s1. The molecule has 0 radical (unpaired) electrons. The zero-order valence-corrected chi connectivity index (χ0v) is 18.6. The predicted octanol–water partition coefficient (Wildman–Crippen LogP) is 4.75. The van der Waals surface area contributed by atoms with Crippen LogP contribution in [0.15, 0.2) is 48.7 Å². The van der Waals surface area contributed by atoms with E-state index < -0.39 is 11.6 Å². The van der Waals surface area contributed by atoms with Crippen molar-refractivity contribution in [3.8, 4) is 16.9 Å². The molecule has 2 aromatic rings. The van der Waals surface area contributed by atoms with Gasteiger partial charge in [-0.15, -0.1) is 0 Å². The molecule has 1 saturated carbocycles. The van der Waals surface area contributed by atoms with Gasteiger partial charge in [-0.05, 0) is 60.9 Å². The lowest BCUT2D eigenvalue weighted by Gasteiger charge is -2.45. The van der Waals surface area contributed by atoms with Crippen LogP contribution in [-0.2, 0) is 9.53 Å². The number of hydrogen-bond acceptors (Lipinski definition) is 5. The quantitative estimate of drug-likeness (QED) is 0.706. The Hall–Kier alpha value is -2.66. The number of ether oxygens (including phenoxy) is 2. The fourth-order valence-corrected chi connectivity index (χ4v) is 5.63. The molecule has 1 aliphatic carbocycles. The van der Waals surface area contributed by atoms with Gasteiger partial charge >= 0.3 is 5.97 Å². The van der Waals surface area contributed by atoms with Crippen LogP contribution in [0.5, 0.6) is 5.75 Å². The number of nitrogens with zero attached hydrogens (tertiary/aromatic N) is 1. The van der Waals surface area contributed by atoms with E-state index in [0.29, 0.717) is 12.3 Å². The molecular weight excluding hydrogens is 390 g/mol. The van der Waals surface area contributed by atoms with Crippen molar-refractivity contribution < 1.29 is 19.4 Å². The summed E-state index contributed by atoms with van der Waals surface area (Å²) in [5.74, 6) is 0.796. The molecule has 0 unspecified atom stereocenters. The van der Waals surface area contributed by atoms with E-state index in [1.165, 1.54) is 0 Å². The SMILES string of the molecule is CC[C@H]1[C@H](/C=C/c2ccc(-c3cccc(OC)c3)cn2)[C@@H]2[C@@H](C)OC(=O)[C@]2(O)C[C@@H]1C. The molecule has 5 heteroatoms. The van der Waals surface area contributed by atoms with Crippen molar-refractivity contribution >= 4 is 12.0 Å². The molecule has 2 fully saturated rings. The first-order valence-electron chi connectivity index (χ1n) is 11.1. The van der Waals surface area contributed by atoms with Crippen LogP contribution in [0.25, 0.3) is 17.2 Å². The molecule has 6 atom stereocenters. The smallest absolute Gasteiger partial charge is 0.338 e. The molecule has 0 amide bonds. The van der Waals surface area contributed by atoms with Crippen LogP contribution in [0, 0.1) is 23.7 Å². The molecule has 164 valence electrons. The first-order chi connectivity index (χ1) is 14.9. The maximum atomic E-state index is 12.4. The molecule has 4 rings (SSSR count). The van der Waals surface area contributed by atoms with E-state index >= 15 is 0 Å². The van der Waals surface area contributed by atoms with Crippen molar-refractivity contribution in [3.63, 3.8) is 0 Å². The molecule has 1 saturated heterocycles. The number of aliphatic hydroxyl groups is 1. The zero-order valence-electron chi connectivity index (χ0n) is 18.6. The van der Waals surface area contributed by atoms with Crippen molar-refractivity contribution in [2.45, 2.75) is 45.3 Å². The Kier molecular flexibility index (Phi) is 5.89. The second kappa shape index (κ2) is 8.46. The number of aromatic nitrogens is 1. The Morgan fingerprint density at radius 1 is 1.26 bits per heavy atom. The Morgan fingerprint density at radius 2 is 2.06 bits per heavy atom. The molecule has 0 bridgehead atoms. The first-order valence-corrected chi connectivity index (χ1v) is 11.1. The van der Waals surface area contributed by atoms with Gasteiger partial charge in [-0.3, -0.25) is 4.98 Å². The third kappa shape index (κ3) is 3.87. The number of carbonyl (C=O) groups is 1. The van der Waals surface area contributed by atoms with Gasteiger partial charge in [0.2, 0.25) is 0 Å². The van der Waals surface area contributed by atoms with E-state index in [9.17, 15) is 9.90 Å². The minimum absolute atomic E-state index is 0.0556. The summed E-state index contributed by atoms with van der Waals surface area (Å²) < 4.78 is 10.8. The fraction of sp³-hybridized carbons (Fsp3) is 0.462. The van der Waals surface area contributed by atoms with E-state index in [1.807, 2.05) is 55.6 Å². The second-order valence-electron chi connectivity index (χ2n) is 8.95. The molecule has 1 aromatic carbocycles. The number of hydrogen-bond donors (Lipinski definition) is 1. The Labute approximate surface area is 184 Å². The zero-order chi connectivity index (χ0) is 22.2. The van der Waals surface area contributed by atoms with Crippen LogP contribution in [-0.4, -0.2) is 34.9 Å². The highest BCUT2D eigenvalue weighted by atomic mass is 16.6. The molecule has 2 heterocycles. The fourth-order valence-electron chi connectivity index (χ4n) is 5.63. The molecular formula is C26H31NO4. The van der Waals surface area contributed by atoms with Crippen molar-refractivity contribution in [1.29, 1.82) is 0 Å². The van der Waals surface area contributed by atoms with Gasteiger partial charge in [-0.2, -0.15) is 0 Å². The van der Waals surface area contributed by atoms with Gasteiger partial charge in [-0.1, -0.05) is 44.5 Å². The largest absolute Gasteiger partial charge is 0.497 e. The van der Waals surface area contributed by atoms with Crippen molar-refractivity contribution in [2.75, 3.05) is 7.11 Å². The van der Waals surface area contributed by atoms with E-state index in [0.717, 1.165) is 29.0 Å². The topological polar surface area (TPSA) is 68.7 Å². The Bertz CT molecular complexity index is 970. The third-order valence-corrected chi connectivity index (χ3v) is 7.13. The first kappa shape index (κ1) is 21.6. The highest BCUT2D eigenvalue weighted by Crippen LogP contribution is 2.52. The molecule has 0 spiro atoms. The number of rotatable bonds is 5. The van der Waals surface area contributed by atoms with Gasteiger partial charge in [-0.25, -0.2) is 4.79 Å². The number of allylic oxidation sites excluding steroid dienone is 1. The number of carbonyl (C=O) groups excluding carboxylic acids is 1. The van der Waals surface area contributed by atoms with Gasteiger partial charge in [0.05, 0.1) is 12.8 Å². The van der Waals surface area contributed by atoms with Crippen molar-refractivity contribution in [2.24, 2.45) is 23.7 Å². The van der Waals surface area contributed by atoms with E-state index in [2.05, 4.69) is 24.9 Å². The number of pyridine rings is 1. The van der Waals surface area contributed by atoms with E-state index in [-0.39, 0.29) is 23.9 Å². The lowest BCUT2D eigenvalue weighted by Crippen LogP contribution is -2.53. The normalized spacial score (nSPS) is 32.7. The van der Waals surface area contributed by atoms with Gasteiger partial charge in [0.25, 0.3) is 0 Å². The summed E-state index contributed by atoms with van der Waals surface area (Å²) >= 11 is 0. The summed E-state index contributed by atoms with van der Waals surface area (Å²) in [5, 5.41) is 11.2. The molecule has 5 nitrogen and oxygen atoms in total. The van der Waals surface area contributed by atoms with Crippen LogP contribution in [0.3, 0.4) is 0 Å². The summed E-state index contributed by atoms with van der Waals surface area (Å²) in [5.41, 5.74) is 1.53.